The Morgan fingerprint density at radius 2 is 1.55 bits per heavy atom. The lowest BCUT2D eigenvalue weighted by Crippen LogP contribution is -2.18. The number of esters is 2. The number of hydrogen-bond donors (Lipinski definition) is 1. The molecule has 0 spiro atoms. The fourth-order valence-corrected chi connectivity index (χ4v) is 3.02. The Hall–Kier alpha value is -3.51. The molecule has 0 radical (unpaired) electrons. The maximum absolute atomic E-state index is 11.9. The van der Waals surface area contributed by atoms with Gasteiger partial charge in [-0.05, 0) is 37.4 Å². The summed E-state index contributed by atoms with van der Waals surface area (Å²) >= 11 is 0. The van der Waals surface area contributed by atoms with E-state index in [2.05, 4.69) is 14.2 Å². The number of rotatable bonds is 7. The normalized spacial score (nSPS) is 10.9. The number of hydrogen-bond acceptors (Lipinski definition) is 9. The predicted octanol–water partition coefficient (Wildman–Crippen LogP) is 1.87. The lowest BCUT2D eigenvalue weighted by atomic mass is 10.1. The molecule has 0 aliphatic heterocycles. The first-order valence-corrected chi connectivity index (χ1v) is 9.32. The number of ether oxygens (including phenoxy) is 3. The molecule has 2 aromatic rings. The highest BCUT2D eigenvalue weighted by atomic mass is 32.2. The van der Waals surface area contributed by atoms with Gasteiger partial charge in [0.15, 0.2) is 0 Å². The van der Waals surface area contributed by atoms with Crippen molar-refractivity contribution in [3.8, 4) is 11.5 Å². The van der Waals surface area contributed by atoms with Crippen LogP contribution in [0.4, 0.5) is 5.69 Å². The summed E-state index contributed by atoms with van der Waals surface area (Å²) in [6.07, 6.45) is 0. The molecule has 0 bridgehead atoms. The summed E-state index contributed by atoms with van der Waals surface area (Å²) in [5.74, 6) is -1.94. The molecule has 0 unspecified atom stereocenters. The van der Waals surface area contributed by atoms with Crippen LogP contribution in [-0.2, 0) is 19.5 Å². The van der Waals surface area contributed by atoms with Crippen molar-refractivity contribution < 1.29 is 37.1 Å². The van der Waals surface area contributed by atoms with Crippen LogP contribution in [-0.4, -0.2) is 46.5 Å². The minimum atomic E-state index is -3.92. The number of carbonyl (C=O) groups is 2. The lowest BCUT2D eigenvalue weighted by Gasteiger charge is -2.11. The smallest absolute Gasteiger partial charge is 0.338 e. The third kappa shape index (κ3) is 4.86. The third-order valence-electron chi connectivity index (χ3n) is 3.68. The topological polar surface area (TPSA) is 151 Å². The van der Waals surface area contributed by atoms with Crippen molar-refractivity contribution in [1.82, 2.24) is 4.72 Å². The van der Waals surface area contributed by atoms with Crippen LogP contribution in [0.2, 0.25) is 0 Å². The Bertz CT molecular complexity index is 1050. The monoisotopic (exact) mass is 424 g/mol. The van der Waals surface area contributed by atoms with Gasteiger partial charge >= 0.3 is 17.6 Å². The molecular formula is C17H16N2O9S. The van der Waals surface area contributed by atoms with Gasteiger partial charge in [-0.2, -0.15) is 0 Å². The maximum atomic E-state index is 11.9. The van der Waals surface area contributed by atoms with Gasteiger partial charge in [0.2, 0.25) is 15.8 Å². The van der Waals surface area contributed by atoms with Crippen molar-refractivity contribution in [2.75, 3.05) is 21.3 Å². The minimum absolute atomic E-state index is 0.0533. The molecular weight excluding hydrogens is 408 g/mol. The largest absolute Gasteiger partial charge is 0.465 e. The highest BCUT2D eigenvalue weighted by molar-refractivity contribution is 7.89. The molecule has 12 heteroatoms. The first-order valence-electron chi connectivity index (χ1n) is 7.84. The van der Waals surface area contributed by atoms with E-state index in [-0.39, 0.29) is 27.5 Å². The minimum Gasteiger partial charge on any atom is -0.465 e. The van der Waals surface area contributed by atoms with Gasteiger partial charge in [-0.1, -0.05) is 0 Å². The molecule has 29 heavy (non-hydrogen) atoms. The van der Waals surface area contributed by atoms with Crippen LogP contribution >= 0.6 is 0 Å². The van der Waals surface area contributed by atoms with E-state index in [1.165, 1.54) is 18.2 Å². The molecule has 154 valence electrons. The number of nitrogens with zero attached hydrogens (tertiary/aromatic N) is 1. The van der Waals surface area contributed by atoms with Gasteiger partial charge in [-0.3, -0.25) is 10.1 Å². The predicted molar refractivity (Wildman–Crippen MR) is 98.5 cm³/mol. The van der Waals surface area contributed by atoms with E-state index < -0.39 is 32.6 Å². The molecule has 0 aliphatic carbocycles. The number of nitro groups is 1. The van der Waals surface area contributed by atoms with E-state index in [1.54, 1.807) is 0 Å². The van der Waals surface area contributed by atoms with E-state index in [1.807, 2.05) is 0 Å². The number of methoxy groups -OCH3 is 2. The molecule has 0 fully saturated rings. The number of sulfonamides is 1. The van der Waals surface area contributed by atoms with Gasteiger partial charge in [0.1, 0.15) is 5.75 Å². The average molecular weight is 424 g/mol. The van der Waals surface area contributed by atoms with Crippen LogP contribution < -0.4 is 9.46 Å². The van der Waals surface area contributed by atoms with Crippen molar-refractivity contribution in [3.63, 3.8) is 0 Å². The molecule has 0 heterocycles. The molecule has 1 N–H and O–H groups in total. The molecule has 0 amide bonds. The van der Waals surface area contributed by atoms with Gasteiger partial charge in [-0.25, -0.2) is 22.7 Å². The van der Waals surface area contributed by atoms with E-state index in [4.69, 9.17) is 4.74 Å². The molecule has 0 atom stereocenters. The first kappa shape index (κ1) is 21.8. The van der Waals surface area contributed by atoms with E-state index in [0.29, 0.717) is 0 Å². The summed E-state index contributed by atoms with van der Waals surface area (Å²) in [5, 5.41) is 11.4. The zero-order valence-electron chi connectivity index (χ0n) is 15.5. The molecule has 0 saturated carbocycles. The number of benzene rings is 2. The Morgan fingerprint density at radius 3 is 2.00 bits per heavy atom. The molecule has 0 aliphatic rings. The number of nitro benzene ring substituents is 1. The Balaban J connectivity index is 2.56. The first-order chi connectivity index (χ1) is 13.6. The summed E-state index contributed by atoms with van der Waals surface area (Å²) in [4.78, 5) is 33.9. The second kappa shape index (κ2) is 8.67. The lowest BCUT2D eigenvalue weighted by molar-refractivity contribution is -0.385. The Labute approximate surface area is 165 Å². The second-order valence-electron chi connectivity index (χ2n) is 5.43. The van der Waals surface area contributed by atoms with Crippen molar-refractivity contribution in [1.29, 1.82) is 0 Å². The van der Waals surface area contributed by atoms with Crippen LogP contribution in [0.3, 0.4) is 0 Å². The third-order valence-corrected chi connectivity index (χ3v) is 5.09. The van der Waals surface area contributed by atoms with E-state index in [0.717, 1.165) is 39.5 Å². The van der Waals surface area contributed by atoms with E-state index in [9.17, 15) is 28.1 Å². The quantitative estimate of drug-likeness (QED) is 0.399. The number of nitrogens with one attached hydrogen (secondary N) is 1. The molecule has 2 rings (SSSR count). The average Bonchev–Trinajstić information content (AvgIpc) is 2.72. The van der Waals surface area contributed by atoms with Crippen LogP contribution in [0.15, 0.2) is 41.3 Å². The van der Waals surface area contributed by atoms with Crippen molar-refractivity contribution in [2.24, 2.45) is 0 Å². The van der Waals surface area contributed by atoms with Crippen molar-refractivity contribution in [3.05, 3.63) is 57.6 Å². The van der Waals surface area contributed by atoms with Crippen LogP contribution in [0.25, 0.3) is 0 Å². The summed E-state index contributed by atoms with van der Waals surface area (Å²) in [6.45, 7) is 0. The summed E-state index contributed by atoms with van der Waals surface area (Å²) in [7, 11) is -0.477. The summed E-state index contributed by atoms with van der Waals surface area (Å²) < 4.78 is 40.5. The van der Waals surface area contributed by atoms with Gasteiger partial charge in [0, 0.05) is 6.07 Å². The van der Waals surface area contributed by atoms with Crippen LogP contribution in [0.5, 0.6) is 11.5 Å². The van der Waals surface area contributed by atoms with Gasteiger partial charge in [-0.15, -0.1) is 0 Å². The zero-order chi connectivity index (χ0) is 21.8. The van der Waals surface area contributed by atoms with Gasteiger partial charge in [0.25, 0.3) is 0 Å². The second-order valence-corrected chi connectivity index (χ2v) is 7.31. The standard InChI is InChI=1S/C17H16N2O9S/c1-18-29(24,25)13-4-5-15(14(9-13)19(22)23)28-12-7-10(16(20)26-2)6-11(8-12)17(21)27-3/h4-9,18H,1-3H3. The highest BCUT2D eigenvalue weighted by Gasteiger charge is 2.23. The zero-order valence-corrected chi connectivity index (χ0v) is 16.3. The van der Waals surface area contributed by atoms with Crippen molar-refractivity contribution in [2.45, 2.75) is 4.90 Å². The fraction of sp³-hybridized carbons (Fsp3) is 0.176. The molecule has 2 aromatic carbocycles. The van der Waals surface area contributed by atoms with Gasteiger partial charge in [0.05, 0.1) is 35.2 Å². The molecule has 0 aromatic heterocycles. The van der Waals surface area contributed by atoms with Crippen molar-refractivity contribution >= 4 is 27.6 Å². The molecule has 11 nitrogen and oxygen atoms in total. The van der Waals surface area contributed by atoms with Crippen LogP contribution in [0.1, 0.15) is 20.7 Å². The summed E-state index contributed by atoms with van der Waals surface area (Å²) in [6, 6.07) is 6.65. The van der Waals surface area contributed by atoms with Crippen LogP contribution in [0, 0.1) is 10.1 Å². The fourth-order valence-electron chi connectivity index (χ4n) is 2.27. The summed E-state index contributed by atoms with van der Waals surface area (Å²) in [5.41, 5.74) is -0.741. The maximum Gasteiger partial charge on any atom is 0.338 e. The Kier molecular flexibility index (Phi) is 6.51. The Morgan fingerprint density at radius 1 is 1.00 bits per heavy atom. The highest BCUT2D eigenvalue weighted by Crippen LogP contribution is 2.34. The number of carbonyl (C=O) groups excluding carboxylic acids is 2. The SMILES string of the molecule is CNS(=O)(=O)c1ccc(Oc2cc(C(=O)OC)cc(C(=O)OC)c2)c([N+](=O)[O-])c1. The molecule has 0 saturated heterocycles. The van der Waals surface area contributed by atoms with Gasteiger partial charge < -0.3 is 14.2 Å². The van der Waals surface area contributed by atoms with E-state index >= 15 is 0 Å².